The molecule has 21 heavy (non-hydrogen) atoms. The molecule has 0 spiro atoms. The zero-order chi connectivity index (χ0) is 15.2. The van der Waals surface area contributed by atoms with Crippen LogP contribution >= 0.6 is 11.3 Å². The van der Waals surface area contributed by atoms with E-state index >= 15 is 0 Å². The van der Waals surface area contributed by atoms with E-state index in [0.717, 1.165) is 6.42 Å². The lowest BCUT2D eigenvalue weighted by Crippen LogP contribution is -2.29. The number of nitrogens with two attached hydrogens (primary N) is 1. The van der Waals surface area contributed by atoms with Gasteiger partial charge in [-0.3, -0.25) is 14.9 Å². The van der Waals surface area contributed by atoms with Crippen LogP contribution in [-0.4, -0.2) is 47.9 Å². The molecule has 0 aromatic carbocycles. The van der Waals surface area contributed by atoms with Crippen molar-refractivity contribution in [1.29, 1.82) is 0 Å². The third-order valence-electron chi connectivity index (χ3n) is 3.13. The standard InChI is InChI=1S/C12H18N4O4S/c1-19-10(17)5-4-9-15-16-12(21-9)14-11(18)8-3-2-7(6-13)20-8/h7-8H,2-6,13H2,1H3,(H,14,16,18)/t7-,8+/m1/s1. The number of amides is 1. The van der Waals surface area contributed by atoms with Gasteiger partial charge in [-0.1, -0.05) is 11.3 Å². The van der Waals surface area contributed by atoms with Crippen molar-refractivity contribution in [3.05, 3.63) is 5.01 Å². The topological polar surface area (TPSA) is 116 Å². The molecule has 1 fully saturated rings. The van der Waals surface area contributed by atoms with E-state index in [9.17, 15) is 9.59 Å². The largest absolute Gasteiger partial charge is 0.469 e. The maximum absolute atomic E-state index is 12.0. The molecule has 2 rings (SSSR count). The maximum atomic E-state index is 12.0. The number of ether oxygens (including phenoxy) is 2. The molecule has 1 saturated heterocycles. The van der Waals surface area contributed by atoms with Crippen molar-refractivity contribution in [3.63, 3.8) is 0 Å². The van der Waals surface area contributed by atoms with E-state index in [1.807, 2.05) is 0 Å². The van der Waals surface area contributed by atoms with E-state index in [-0.39, 0.29) is 24.4 Å². The third kappa shape index (κ3) is 4.45. The summed E-state index contributed by atoms with van der Waals surface area (Å²) in [6, 6.07) is 0. The summed E-state index contributed by atoms with van der Waals surface area (Å²) in [5, 5.41) is 11.5. The number of carbonyl (C=O) groups excluding carboxylic acids is 2. The van der Waals surface area contributed by atoms with Gasteiger partial charge in [0.15, 0.2) is 0 Å². The van der Waals surface area contributed by atoms with Crippen LogP contribution in [-0.2, 0) is 25.5 Å². The number of hydrogen-bond acceptors (Lipinski definition) is 8. The average molecular weight is 314 g/mol. The van der Waals surface area contributed by atoms with Crippen molar-refractivity contribution in [2.45, 2.75) is 37.9 Å². The van der Waals surface area contributed by atoms with Gasteiger partial charge in [-0.25, -0.2) is 0 Å². The van der Waals surface area contributed by atoms with Crippen molar-refractivity contribution in [1.82, 2.24) is 10.2 Å². The molecule has 1 amide bonds. The second-order valence-corrected chi connectivity index (χ2v) is 5.69. The van der Waals surface area contributed by atoms with Crippen LogP contribution in [0.2, 0.25) is 0 Å². The minimum Gasteiger partial charge on any atom is -0.469 e. The Morgan fingerprint density at radius 1 is 1.48 bits per heavy atom. The lowest BCUT2D eigenvalue weighted by molar-refractivity contribution is -0.140. The van der Waals surface area contributed by atoms with Gasteiger partial charge in [-0.15, -0.1) is 10.2 Å². The number of aromatic nitrogens is 2. The van der Waals surface area contributed by atoms with Crippen LogP contribution in [0.3, 0.4) is 0 Å². The molecule has 0 saturated carbocycles. The highest BCUT2D eigenvalue weighted by Gasteiger charge is 2.30. The molecule has 116 valence electrons. The van der Waals surface area contributed by atoms with Gasteiger partial charge in [0, 0.05) is 13.0 Å². The minimum absolute atomic E-state index is 0.0502. The van der Waals surface area contributed by atoms with Gasteiger partial charge in [-0.05, 0) is 12.8 Å². The van der Waals surface area contributed by atoms with Gasteiger partial charge in [0.05, 0.1) is 19.6 Å². The van der Waals surface area contributed by atoms with E-state index < -0.39 is 6.10 Å². The molecule has 1 aromatic rings. The first-order chi connectivity index (χ1) is 10.1. The van der Waals surface area contributed by atoms with E-state index in [4.69, 9.17) is 10.5 Å². The number of rotatable bonds is 6. The molecule has 9 heteroatoms. The molecule has 8 nitrogen and oxygen atoms in total. The number of carbonyl (C=O) groups is 2. The lowest BCUT2D eigenvalue weighted by Gasteiger charge is -2.10. The summed E-state index contributed by atoms with van der Waals surface area (Å²) in [5.41, 5.74) is 5.51. The van der Waals surface area contributed by atoms with Crippen molar-refractivity contribution in [2.75, 3.05) is 19.0 Å². The summed E-state index contributed by atoms with van der Waals surface area (Å²) >= 11 is 1.24. The summed E-state index contributed by atoms with van der Waals surface area (Å²) in [7, 11) is 1.34. The number of hydrogen-bond donors (Lipinski definition) is 2. The average Bonchev–Trinajstić information content (AvgIpc) is 3.13. The Kier molecular flexibility index (Phi) is 5.59. The summed E-state index contributed by atoms with van der Waals surface area (Å²) in [4.78, 5) is 23.0. The smallest absolute Gasteiger partial charge is 0.305 e. The first-order valence-electron chi connectivity index (χ1n) is 6.68. The molecule has 0 unspecified atom stereocenters. The van der Waals surface area contributed by atoms with Crippen LogP contribution in [0.1, 0.15) is 24.3 Å². The Balaban J connectivity index is 1.82. The van der Waals surface area contributed by atoms with Crippen LogP contribution in [0.25, 0.3) is 0 Å². The summed E-state index contributed by atoms with van der Waals surface area (Å²) < 4.78 is 10.1. The van der Waals surface area contributed by atoms with Crippen molar-refractivity contribution < 1.29 is 19.1 Å². The number of nitrogens with zero attached hydrogens (tertiary/aromatic N) is 2. The van der Waals surface area contributed by atoms with Gasteiger partial charge in [0.25, 0.3) is 5.91 Å². The molecule has 2 atom stereocenters. The lowest BCUT2D eigenvalue weighted by atomic mass is 10.2. The highest BCUT2D eigenvalue weighted by Crippen LogP contribution is 2.22. The molecule has 1 aliphatic rings. The normalized spacial score (nSPS) is 21.2. The molecular formula is C12H18N4O4S. The zero-order valence-corrected chi connectivity index (χ0v) is 12.5. The molecule has 0 bridgehead atoms. The quantitative estimate of drug-likeness (QED) is 0.715. The Labute approximate surface area is 126 Å². The fraction of sp³-hybridized carbons (Fsp3) is 0.667. The number of esters is 1. The van der Waals surface area contributed by atoms with E-state index in [0.29, 0.717) is 29.5 Å². The zero-order valence-electron chi connectivity index (χ0n) is 11.7. The first-order valence-corrected chi connectivity index (χ1v) is 7.49. The van der Waals surface area contributed by atoms with Gasteiger partial charge in [-0.2, -0.15) is 0 Å². The molecule has 1 aromatic heterocycles. The Morgan fingerprint density at radius 2 is 2.29 bits per heavy atom. The highest BCUT2D eigenvalue weighted by molar-refractivity contribution is 7.15. The fourth-order valence-electron chi connectivity index (χ4n) is 1.97. The summed E-state index contributed by atoms with van der Waals surface area (Å²) in [6.07, 6.45) is 1.58. The maximum Gasteiger partial charge on any atom is 0.305 e. The molecular weight excluding hydrogens is 296 g/mol. The fourth-order valence-corrected chi connectivity index (χ4v) is 2.72. The third-order valence-corrected chi connectivity index (χ3v) is 4.03. The first kappa shape index (κ1) is 15.8. The van der Waals surface area contributed by atoms with E-state index in [1.54, 1.807) is 0 Å². The number of anilines is 1. The van der Waals surface area contributed by atoms with Crippen LogP contribution in [0, 0.1) is 0 Å². The van der Waals surface area contributed by atoms with Crippen LogP contribution in [0.4, 0.5) is 5.13 Å². The summed E-state index contributed by atoms with van der Waals surface area (Å²) in [5.74, 6) is -0.537. The molecule has 0 aliphatic carbocycles. The van der Waals surface area contributed by atoms with Crippen molar-refractivity contribution >= 4 is 28.3 Å². The molecule has 2 heterocycles. The monoisotopic (exact) mass is 314 g/mol. The second kappa shape index (κ2) is 7.43. The minimum atomic E-state index is -0.485. The number of methoxy groups -OCH3 is 1. The molecule has 3 N–H and O–H groups in total. The Morgan fingerprint density at radius 3 is 2.95 bits per heavy atom. The van der Waals surface area contributed by atoms with E-state index in [2.05, 4.69) is 20.3 Å². The van der Waals surface area contributed by atoms with Gasteiger partial charge < -0.3 is 15.2 Å². The van der Waals surface area contributed by atoms with Gasteiger partial charge in [0.2, 0.25) is 5.13 Å². The predicted molar refractivity (Wildman–Crippen MR) is 75.8 cm³/mol. The van der Waals surface area contributed by atoms with Crippen LogP contribution < -0.4 is 11.1 Å². The number of nitrogens with one attached hydrogen (secondary N) is 1. The van der Waals surface area contributed by atoms with E-state index in [1.165, 1.54) is 18.4 Å². The Hall–Kier alpha value is -1.58. The van der Waals surface area contributed by atoms with Crippen molar-refractivity contribution in [2.24, 2.45) is 5.73 Å². The summed E-state index contributed by atoms with van der Waals surface area (Å²) in [6.45, 7) is 0.417. The molecule has 0 radical (unpaired) electrons. The highest BCUT2D eigenvalue weighted by atomic mass is 32.1. The van der Waals surface area contributed by atoms with Gasteiger partial charge >= 0.3 is 5.97 Å². The van der Waals surface area contributed by atoms with Crippen LogP contribution in [0.15, 0.2) is 0 Å². The van der Waals surface area contributed by atoms with Crippen molar-refractivity contribution in [3.8, 4) is 0 Å². The van der Waals surface area contributed by atoms with Crippen LogP contribution in [0.5, 0.6) is 0 Å². The predicted octanol–water partition coefficient (Wildman–Crippen LogP) is 0.0885. The SMILES string of the molecule is COC(=O)CCc1nnc(NC(=O)[C@@H]2CC[C@H](CN)O2)s1. The Bertz CT molecular complexity index is 507. The molecule has 1 aliphatic heterocycles. The second-order valence-electron chi connectivity index (χ2n) is 4.63. The number of aryl methyl sites for hydroxylation is 1. The van der Waals surface area contributed by atoms with Gasteiger partial charge in [0.1, 0.15) is 11.1 Å².